The number of carboxylic acid groups (broad SMARTS) is 1. The Balaban J connectivity index is 1.56. The average Bonchev–Trinajstić information content (AvgIpc) is 3.38. The molecule has 4 N–H and O–H groups in total. The van der Waals surface area contributed by atoms with Crippen molar-refractivity contribution in [2.45, 2.75) is 63.7 Å². The van der Waals surface area contributed by atoms with Crippen molar-refractivity contribution < 1.29 is 19.4 Å². The smallest absolute Gasteiger partial charge is 0.303 e. The van der Waals surface area contributed by atoms with E-state index in [1.807, 2.05) is 11.6 Å². The molecule has 0 bridgehead atoms. The molecule has 1 amide bonds. The molecule has 3 heterocycles. The van der Waals surface area contributed by atoms with Crippen molar-refractivity contribution in [3.8, 4) is 0 Å². The number of imidazole rings is 1. The average molecular weight is 448 g/mol. The normalized spacial score (nSPS) is 18.5. The SMILES string of the molecule is CN(CCCC(=O)O)C[C@@H]1CC[C@H](n2cnc3c(NC(=O)CCCCCN)ncnc32)O1. The number of hydrogen-bond donors (Lipinski definition) is 3. The van der Waals surface area contributed by atoms with E-state index in [9.17, 15) is 9.59 Å². The Morgan fingerprint density at radius 2 is 2.06 bits per heavy atom. The number of carboxylic acids is 1. The molecule has 0 spiro atoms. The third-order valence-electron chi connectivity index (χ3n) is 5.57. The van der Waals surface area contributed by atoms with Crippen LogP contribution in [0.15, 0.2) is 12.7 Å². The molecule has 2 atom stereocenters. The number of likely N-dealkylation sites (N-methyl/N-ethyl adjacent to an activating group) is 1. The molecule has 32 heavy (non-hydrogen) atoms. The highest BCUT2D eigenvalue weighted by atomic mass is 16.5. The van der Waals surface area contributed by atoms with Crippen LogP contribution in [0.5, 0.6) is 0 Å². The van der Waals surface area contributed by atoms with Gasteiger partial charge in [-0.15, -0.1) is 0 Å². The first-order valence-corrected chi connectivity index (χ1v) is 11.2. The van der Waals surface area contributed by atoms with E-state index in [0.717, 1.165) is 38.6 Å². The summed E-state index contributed by atoms with van der Waals surface area (Å²) in [7, 11) is 1.98. The second-order valence-corrected chi connectivity index (χ2v) is 8.24. The zero-order valence-corrected chi connectivity index (χ0v) is 18.6. The topological polar surface area (TPSA) is 148 Å². The van der Waals surface area contributed by atoms with Crippen LogP contribution in [0.4, 0.5) is 5.82 Å². The molecule has 1 saturated heterocycles. The van der Waals surface area contributed by atoms with Crippen LogP contribution in [0.2, 0.25) is 0 Å². The summed E-state index contributed by atoms with van der Waals surface area (Å²) < 4.78 is 8.10. The minimum Gasteiger partial charge on any atom is -0.481 e. The number of nitrogens with two attached hydrogens (primary N) is 1. The lowest BCUT2D eigenvalue weighted by molar-refractivity contribution is -0.137. The summed E-state index contributed by atoms with van der Waals surface area (Å²) in [6, 6.07) is 0. The van der Waals surface area contributed by atoms with Gasteiger partial charge in [0.1, 0.15) is 12.6 Å². The van der Waals surface area contributed by atoms with Crippen LogP contribution in [0.3, 0.4) is 0 Å². The van der Waals surface area contributed by atoms with Gasteiger partial charge in [0.05, 0.1) is 12.4 Å². The third-order valence-corrected chi connectivity index (χ3v) is 5.57. The summed E-state index contributed by atoms with van der Waals surface area (Å²) in [5.74, 6) is -0.461. The molecule has 11 nitrogen and oxygen atoms in total. The zero-order valence-electron chi connectivity index (χ0n) is 18.6. The molecule has 1 fully saturated rings. The Labute approximate surface area is 187 Å². The van der Waals surface area contributed by atoms with Gasteiger partial charge >= 0.3 is 5.97 Å². The van der Waals surface area contributed by atoms with Crippen molar-refractivity contribution in [2.75, 3.05) is 32.0 Å². The van der Waals surface area contributed by atoms with E-state index in [1.54, 1.807) is 6.33 Å². The Bertz CT molecular complexity index is 903. The first kappa shape index (κ1) is 24.0. The fourth-order valence-corrected chi connectivity index (χ4v) is 3.92. The highest BCUT2D eigenvalue weighted by Crippen LogP contribution is 2.31. The molecule has 0 aliphatic carbocycles. The van der Waals surface area contributed by atoms with Crippen LogP contribution in [0.25, 0.3) is 11.2 Å². The van der Waals surface area contributed by atoms with Crippen molar-refractivity contribution in [1.82, 2.24) is 24.4 Å². The Hall–Kier alpha value is -2.63. The molecule has 1 aliphatic rings. The Morgan fingerprint density at radius 3 is 2.84 bits per heavy atom. The summed E-state index contributed by atoms with van der Waals surface area (Å²) in [6.07, 6.45) is 8.52. The van der Waals surface area contributed by atoms with Crippen LogP contribution < -0.4 is 11.1 Å². The largest absolute Gasteiger partial charge is 0.481 e. The van der Waals surface area contributed by atoms with Gasteiger partial charge in [0, 0.05) is 19.4 Å². The fraction of sp³-hybridized carbons (Fsp3) is 0.667. The van der Waals surface area contributed by atoms with Crippen LogP contribution >= 0.6 is 0 Å². The number of amides is 1. The van der Waals surface area contributed by atoms with E-state index >= 15 is 0 Å². The molecule has 3 rings (SSSR count). The molecule has 1 aliphatic heterocycles. The molecule has 2 aromatic rings. The number of unbranched alkanes of at least 4 members (excludes halogenated alkanes) is 2. The molecular formula is C21H33N7O4. The third kappa shape index (κ3) is 6.68. The lowest BCUT2D eigenvalue weighted by atomic mass is 10.2. The summed E-state index contributed by atoms with van der Waals surface area (Å²) in [5, 5.41) is 11.6. The van der Waals surface area contributed by atoms with Gasteiger partial charge in [0.25, 0.3) is 0 Å². The summed E-state index contributed by atoms with van der Waals surface area (Å²) in [6.45, 7) is 2.09. The summed E-state index contributed by atoms with van der Waals surface area (Å²) in [4.78, 5) is 38.0. The van der Waals surface area contributed by atoms with E-state index in [-0.39, 0.29) is 24.7 Å². The number of hydrogen-bond acceptors (Lipinski definition) is 8. The van der Waals surface area contributed by atoms with E-state index < -0.39 is 5.97 Å². The monoisotopic (exact) mass is 447 g/mol. The maximum absolute atomic E-state index is 12.2. The van der Waals surface area contributed by atoms with Gasteiger partial charge in [-0.3, -0.25) is 14.2 Å². The highest BCUT2D eigenvalue weighted by Gasteiger charge is 2.29. The molecule has 11 heteroatoms. The van der Waals surface area contributed by atoms with Gasteiger partial charge in [-0.05, 0) is 52.2 Å². The predicted octanol–water partition coefficient (Wildman–Crippen LogP) is 1.76. The molecule has 0 unspecified atom stereocenters. The van der Waals surface area contributed by atoms with Gasteiger partial charge < -0.3 is 25.8 Å². The van der Waals surface area contributed by atoms with Crippen LogP contribution in [-0.4, -0.2) is 74.2 Å². The van der Waals surface area contributed by atoms with Crippen molar-refractivity contribution in [3.63, 3.8) is 0 Å². The van der Waals surface area contributed by atoms with Crippen molar-refractivity contribution in [3.05, 3.63) is 12.7 Å². The minimum absolute atomic E-state index is 0.0572. The molecule has 176 valence electrons. The van der Waals surface area contributed by atoms with Crippen molar-refractivity contribution >= 4 is 28.9 Å². The van der Waals surface area contributed by atoms with Gasteiger partial charge in [-0.25, -0.2) is 15.0 Å². The van der Waals surface area contributed by atoms with E-state index in [2.05, 4.69) is 25.2 Å². The number of carbonyl (C=O) groups is 2. The zero-order chi connectivity index (χ0) is 22.9. The van der Waals surface area contributed by atoms with E-state index in [0.29, 0.717) is 42.9 Å². The van der Waals surface area contributed by atoms with Gasteiger partial charge in [0.15, 0.2) is 17.0 Å². The minimum atomic E-state index is -0.772. The van der Waals surface area contributed by atoms with Gasteiger partial charge in [-0.1, -0.05) is 6.42 Å². The number of aliphatic carboxylic acids is 1. The Morgan fingerprint density at radius 1 is 1.22 bits per heavy atom. The number of anilines is 1. The van der Waals surface area contributed by atoms with Gasteiger partial charge in [0.2, 0.25) is 5.91 Å². The number of nitrogens with one attached hydrogen (secondary N) is 1. The molecule has 2 aromatic heterocycles. The first-order chi connectivity index (χ1) is 15.5. The maximum Gasteiger partial charge on any atom is 0.303 e. The molecule has 0 saturated carbocycles. The van der Waals surface area contributed by atoms with Crippen molar-refractivity contribution in [2.24, 2.45) is 5.73 Å². The summed E-state index contributed by atoms with van der Waals surface area (Å²) >= 11 is 0. The quantitative estimate of drug-likeness (QED) is 0.390. The van der Waals surface area contributed by atoms with Crippen molar-refractivity contribution in [1.29, 1.82) is 0 Å². The van der Waals surface area contributed by atoms with Crippen LogP contribution in [0, 0.1) is 0 Å². The Kier molecular flexibility index (Phi) is 8.89. The number of ether oxygens (including phenoxy) is 1. The number of fused-ring (bicyclic) bond motifs is 1. The van der Waals surface area contributed by atoms with E-state index in [4.69, 9.17) is 15.6 Å². The highest BCUT2D eigenvalue weighted by molar-refractivity contribution is 5.96. The number of nitrogens with zero attached hydrogens (tertiary/aromatic N) is 5. The van der Waals surface area contributed by atoms with Crippen LogP contribution in [-0.2, 0) is 14.3 Å². The molecular weight excluding hydrogens is 414 g/mol. The second kappa shape index (κ2) is 11.8. The fourth-order valence-electron chi connectivity index (χ4n) is 3.92. The number of rotatable bonds is 13. The summed E-state index contributed by atoms with van der Waals surface area (Å²) in [5.41, 5.74) is 6.65. The molecule has 0 radical (unpaired) electrons. The number of carbonyl (C=O) groups excluding carboxylic acids is 1. The molecule has 0 aromatic carbocycles. The first-order valence-electron chi connectivity index (χ1n) is 11.2. The maximum atomic E-state index is 12.2. The lowest BCUT2D eigenvalue weighted by Gasteiger charge is -2.21. The van der Waals surface area contributed by atoms with Crippen LogP contribution in [0.1, 0.15) is 57.6 Å². The standard InChI is InChI=1S/C21H33N7O4/c1-27(11-5-7-18(30)31)12-15-8-9-17(32-15)28-14-25-19-20(23-13-24-21(19)28)26-16(29)6-3-2-4-10-22/h13-15,17H,2-12,22H2,1H3,(H,30,31)(H,23,24,26,29)/t15-,17+/m0/s1. The number of aromatic nitrogens is 4. The predicted molar refractivity (Wildman–Crippen MR) is 119 cm³/mol. The lowest BCUT2D eigenvalue weighted by Crippen LogP contribution is -2.30. The van der Waals surface area contributed by atoms with E-state index in [1.165, 1.54) is 6.33 Å². The second-order valence-electron chi connectivity index (χ2n) is 8.24. The van der Waals surface area contributed by atoms with Gasteiger partial charge in [-0.2, -0.15) is 0 Å².